The van der Waals surface area contributed by atoms with Crippen molar-refractivity contribution in [3.05, 3.63) is 11.6 Å². The first kappa shape index (κ1) is 14.8. The van der Waals surface area contributed by atoms with Gasteiger partial charge in [-0.05, 0) is 32.1 Å². The van der Waals surface area contributed by atoms with E-state index in [4.69, 9.17) is 11.6 Å². The molecule has 0 fully saturated rings. The summed E-state index contributed by atoms with van der Waals surface area (Å²) >= 11 is 6.06. The predicted octanol–water partition coefficient (Wildman–Crippen LogP) is 4.45. The lowest BCUT2D eigenvalue weighted by atomic mass is 10.1. The van der Waals surface area contributed by atoms with Crippen molar-refractivity contribution in [1.29, 1.82) is 0 Å². The maximum atomic E-state index is 11.8. The molecule has 0 saturated heterocycles. The third kappa shape index (κ3) is 7.66. The van der Waals surface area contributed by atoms with Crippen LogP contribution in [0.25, 0.3) is 0 Å². The Balaban J connectivity index is 2.13. The Labute approximate surface area is 105 Å². The summed E-state index contributed by atoms with van der Waals surface area (Å²) in [6.07, 6.45) is 3.52. The summed E-state index contributed by atoms with van der Waals surface area (Å²) in [4.78, 5) is 0. The van der Waals surface area contributed by atoms with Crippen LogP contribution in [0, 0.1) is 0 Å². The van der Waals surface area contributed by atoms with Crippen molar-refractivity contribution in [3.63, 3.8) is 0 Å². The second-order valence-electron chi connectivity index (χ2n) is 4.36. The van der Waals surface area contributed by atoms with E-state index in [2.05, 4.69) is 10.8 Å². The SMILES string of the molecule is FC(F)(F)COCCCC1=CC(Cl)CCCC1. The van der Waals surface area contributed by atoms with Crippen LogP contribution in [0.4, 0.5) is 13.2 Å². The molecule has 0 radical (unpaired) electrons. The molecule has 0 bridgehead atoms. The molecule has 1 atom stereocenters. The maximum absolute atomic E-state index is 11.8. The quantitative estimate of drug-likeness (QED) is 0.407. The summed E-state index contributed by atoms with van der Waals surface area (Å²) in [7, 11) is 0. The van der Waals surface area contributed by atoms with Gasteiger partial charge in [0, 0.05) is 6.61 Å². The number of hydrogen-bond donors (Lipinski definition) is 0. The summed E-state index contributed by atoms with van der Waals surface area (Å²) in [5, 5.41) is 0.0867. The van der Waals surface area contributed by atoms with Gasteiger partial charge in [-0.2, -0.15) is 13.2 Å². The van der Waals surface area contributed by atoms with E-state index in [0.717, 1.165) is 32.1 Å². The van der Waals surface area contributed by atoms with Gasteiger partial charge in [0.25, 0.3) is 0 Å². The van der Waals surface area contributed by atoms with Crippen molar-refractivity contribution in [2.24, 2.45) is 0 Å². The smallest absolute Gasteiger partial charge is 0.372 e. The average Bonchev–Trinajstić information content (AvgIpc) is 2.40. The molecule has 0 N–H and O–H groups in total. The predicted molar refractivity (Wildman–Crippen MR) is 62.3 cm³/mol. The molecule has 0 aromatic heterocycles. The van der Waals surface area contributed by atoms with Gasteiger partial charge in [0.1, 0.15) is 6.61 Å². The molecular weight excluding hydrogens is 253 g/mol. The van der Waals surface area contributed by atoms with E-state index < -0.39 is 12.8 Å². The van der Waals surface area contributed by atoms with E-state index >= 15 is 0 Å². The van der Waals surface area contributed by atoms with Gasteiger partial charge in [-0.1, -0.05) is 18.1 Å². The number of allylic oxidation sites excluding steroid dienone is 2. The lowest BCUT2D eigenvalue weighted by Gasteiger charge is -2.09. The molecule has 0 amide bonds. The number of alkyl halides is 4. The first-order chi connectivity index (χ1) is 7.97. The number of halogens is 4. The highest BCUT2D eigenvalue weighted by Crippen LogP contribution is 2.24. The summed E-state index contributed by atoms with van der Waals surface area (Å²) in [5.74, 6) is 0. The van der Waals surface area contributed by atoms with Gasteiger partial charge in [-0.25, -0.2) is 0 Å². The maximum Gasteiger partial charge on any atom is 0.411 e. The van der Waals surface area contributed by atoms with Crippen molar-refractivity contribution in [2.45, 2.75) is 50.1 Å². The van der Waals surface area contributed by atoms with Gasteiger partial charge in [-0.15, -0.1) is 11.6 Å². The van der Waals surface area contributed by atoms with Crippen LogP contribution < -0.4 is 0 Å². The molecule has 5 heteroatoms. The number of rotatable bonds is 5. The van der Waals surface area contributed by atoms with Crippen LogP contribution in [0.1, 0.15) is 38.5 Å². The van der Waals surface area contributed by atoms with E-state index in [1.54, 1.807) is 0 Å². The van der Waals surface area contributed by atoms with Gasteiger partial charge in [0.2, 0.25) is 0 Å². The van der Waals surface area contributed by atoms with Gasteiger partial charge in [0.05, 0.1) is 5.38 Å². The topological polar surface area (TPSA) is 9.23 Å². The molecule has 1 aliphatic rings. The Bertz CT molecular complexity index is 251. The molecule has 17 heavy (non-hydrogen) atoms. The molecule has 100 valence electrons. The van der Waals surface area contributed by atoms with Crippen LogP contribution in [-0.2, 0) is 4.74 Å². The fraction of sp³-hybridized carbons (Fsp3) is 0.833. The van der Waals surface area contributed by atoms with E-state index in [-0.39, 0.29) is 12.0 Å². The summed E-state index contributed by atoms with van der Waals surface area (Å²) in [6, 6.07) is 0. The molecule has 0 aliphatic heterocycles. The molecule has 0 saturated carbocycles. The highest BCUT2D eigenvalue weighted by atomic mass is 35.5. The Kier molecular flexibility index (Phi) is 6.34. The Morgan fingerprint density at radius 2 is 2.12 bits per heavy atom. The summed E-state index contributed by atoms with van der Waals surface area (Å²) in [6.45, 7) is -0.992. The minimum Gasteiger partial charge on any atom is -0.372 e. The first-order valence-corrected chi connectivity index (χ1v) is 6.39. The standard InChI is InChI=1S/C12H18ClF3O/c13-11-6-2-1-4-10(8-11)5-3-7-17-9-12(14,15)16/h8,11H,1-7,9H2. The van der Waals surface area contributed by atoms with Crippen LogP contribution in [0.5, 0.6) is 0 Å². The zero-order valence-corrected chi connectivity index (χ0v) is 10.5. The largest absolute Gasteiger partial charge is 0.411 e. The molecule has 1 rings (SSSR count). The van der Waals surface area contributed by atoms with Gasteiger partial charge >= 0.3 is 6.18 Å². The van der Waals surface area contributed by atoms with E-state index in [9.17, 15) is 13.2 Å². The van der Waals surface area contributed by atoms with Crippen molar-refractivity contribution in [2.75, 3.05) is 13.2 Å². The van der Waals surface area contributed by atoms with Gasteiger partial charge < -0.3 is 4.74 Å². The molecule has 0 aromatic rings. The fourth-order valence-corrected chi connectivity index (χ4v) is 2.24. The van der Waals surface area contributed by atoms with E-state index in [1.807, 2.05) is 0 Å². The Morgan fingerprint density at radius 1 is 1.35 bits per heavy atom. The lowest BCUT2D eigenvalue weighted by molar-refractivity contribution is -0.174. The molecule has 0 aromatic carbocycles. The molecule has 1 unspecified atom stereocenters. The Morgan fingerprint density at radius 3 is 2.82 bits per heavy atom. The average molecular weight is 271 g/mol. The molecule has 1 aliphatic carbocycles. The molecular formula is C12H18ClF3O. The fourth-order valence-electron chi connectivity index (χ4n) is 1.91. The van der Waals surface area contributed by atoms with Crippen LogP contribution >= 0.6 is 11.6 Å². The van der Waals surface area contributed by atoms with E-state index in [1.165, 1.54) is 5.57 Å². The minimum atomic E-state index is -4.22. The van der Waals surface area contributed by atoms with Gasteiger partial charge in [0.15, 0.2) is 0 Å². The highest BCUT2D eigenvalue weighted by Gasteiger charge is 2.27. The molecule has 1 nitrogen and oxygen atoms in total. The normalized spacial score (nSPS) is 22.1. The van der Waals surface area contributed by atoms with E-state index in [0.29, 0.717) is 6.42 Å². The highest BCUT2D eigenvalue weighted by molar-refractivity contribution is 6.21. The number of hydrogen-bond acceptors (Lipinski definition) is 1. The minimum absolute atomic E-state index is 0.0867. The second kappa shape index (κ2) is 7.27. The zero-order chi connectivity index (χ0) is 12.7. The monoisotopic (exact) mass is 270 g/mol. The van der Waals surface area contributed by atoms with Gasteiger partial charge in [-0.3, -0.25) is 0 Å². The third-order valence-electron chi connectivity index (χ3n) is 2.70. The van der Waals surface area contributed by atoms with Crippen molar-refractivity contribution < 1.29 is 17.9 Å². The Hall–Kier alpha value is -0.220. The van der Waals surface area contributed by atoms with Crippen LogP contribution in [0.3, 0.4) is 0 Å². The first-order valence-electron chi connectivity index (χ1n) is 5.95. The summed E-state index contributed by atoms with van der Waals surface area (Å²) in [5.41, 5.74) is 1.26. The van der Waals surface area contributed by atoms with Crippen LogP contribution in [0.15, 0.2) is 11.6 Å². The third-order valence-corrected chi connectivity index (χ3v) is 3.04. The van der Waals surface area contributed by atoms with Crippen LogP contribution in [0.2, 0.25) is 0 Å². The zero-order valence-electron chi connectivity index (χ0n) is 9.73. The lowest BCUT2D eigenvalue weighted by Crippen LogP contribution is -2.17. The van der Waals surface area contributed by atoms with Crippen molar-refractivity contribution >= 4 is 11.6 Å². The second-order valence-corrected chi connectivity index (χ2v) is 4.92. The van der Waals surface area contributed by atoms with Crippen molar-refractivity contribution in [1.82, 2.24) is 0 Å². The number of ether oxygens (including phenoxy) is 1. The summed E-state index contributed by atoms with van der Waals surface area (Å²) < 4.78 is 39.9. The van der Waals surface area contributed by atoms with Crippen molar-refractivity contribution in [3.8, 4) is 0 Å². The molecule has 0 heterocycles. The van der Waals surface area contributed by atoms with Crippen LogP contribution in [-0.4, -0.2) is 24.8 Å². The molecule has 0 spiro atoms.